The number of nitrogens with one attached hydrogen (secondary N) is 1. The van der Waals surface area contributed by atoms with Crippen molar-refractivity contribution in [3.05, 3.63) is 50.7 Å². The first kappa shape index (κ1) is 14.4. The number of rotatable bonds is 6. The van der Waals surface area contributed by atoms with Crippen molar-refractivity contribution in [2.45, 2.75) is 20.4 Å². The third kappa shape index (κ3) is 4.53. The van der Waals surface area contributed by atoms with Crippen LogP contribution in [0.1, 0.15) is 15.3 Å². The number of benzene rings is 1. The van der Waals surface area contributed by atoms with Gasteiger partial charge in [0.25, 0.3) is 0 Å². The van der Waals surface area contributed by atoms with E-state index in [1.807, 2.05) is 36.5 Å². The maximum Gasteiger partial charge on any atom is 0.138 e. The van der Waals surface area contributed by atoms with E-state index in [0.29, 0.717) is 11.6 Å². The molecular formula is C15H18ClNOS. The van der Waals surface area contributed by atoms with E-state index in [1.165, 1.54) is 9.75 Å². The second-order valence-corrected chi connectivity index (χ2v) is 6.25. The Labute approximate surface area is 123 Å². The minimum atomic E-state index is 0.619. The molecule has 0 aliphatic carbocycles. The summed E-state index contributed by atoms with van der Waals surface area (Å²) in [6.45, 7) is 6.47. The highest BCUT2D eigenvalue weighted by atomic mass is 35.5. The highest BCUT2D eigenvalue weighted by Gasteiger charge is 2.01. The Morgan fingerprint density at radius 3 is 2.79 bits per heavy atom. The zero-order valence-corrected chi connectivity index (χ0v) is 12.8. The summed E-state index contributed by atoms with van der Waals surface area (Å²) in [5.41, 5.74) is 1.15. The molecule has 2 nitrogen and oxygen atoms in total. The summed E-state index contributed by atoms with van der Waals surface area (Å²) in [6.07, 6.45) is 0. The molecule has 0 bridgehead atoms. The lowest BCUT2D eigenvalue weighted by molar-refractivity contribution is 0.314. The molecule has 0 amide bonds. The molecule has 0 unspecified atom stereocenters. The molecule has 1 aromatic carbocycles. The van der Waals surface area contributed by atoms with E-state index in [4.69, 9.17) is 16.3 Å². The first-order valence-corrected chi connectivity index (χ1v) is 7.49. The predicted octanol–water partition coefficient (Wildman–Crippen LogP) is 4.19. The number of hydrogen-bond acceptors (Lipinski definition) is 3. The lowest BCUT2D eigenvalue weighted by Crippen LogP contribution is -2.20. The monoisotopic (exact) mass is 295 g/mol. The Morgan fingerprint density at radius 1 is 1.21 bits per heavy atom. The van der Waals surface area contributed by atoms with Crippen molar-refractivity contribution in [1.82, 2.24) is 5.32 Å². The molecule has 0 radical (unpaired) electrons. The van der Waals surface area contributed by atoms with Crippen LogP contribution in [0.4, 0.5) is 0 Å². The quantitative estimate of drug-likeness (QED) is 0.807. The Balaban J connectivity index is 1.70. The average Bonchev–Trinajstić information content (AvgIpc) is 2.79. The number of hydrogen-bond donors (Lipinski definition) is 1. The molecule has 1 aromatic heterocycles. The Kier molecular flexibility index (Phi) is 5.25. The summed E-state index contributed by atoms with van der Waals surface area (Å²) in [4.78, 5) is 2.70. The maximum absolute atomic E-state index is 6.06. The molecule has 19 heavy (non-hydrogen) atoms. The van der Waals surface area contributed by atoms with Crippen molar-refractivity contribution in [3.63, 3.8) is 0 Å². The molecule has 0 saturated carbocycles. The molecule has 0 spiro atoms. The van der Waals surface area contributed by atoms with Crippen LogP contribution in [0.25, 0.3) is 0 Å². The minimum absolute atomic E-state index is 0.619. The van der Waals surface area contributed by atoms with Gasteiger partial charge in [0.2, 0.25) is 0 Å². The van der Waals surface area contributed by atoms with Crippen molar-refractivity contribution in [1.29, 1.82) is 0 Å². The van der Waals surface area contributed by atoms with Crippen LogP contribution in [0.5, 0.6) is 5.75 Å². The first-order valence-electron chi connectivity index (χ1n) is 6.30. The fourth-order valence-corrected chi connectivity index (χ4v) is 2.78. The van der Waals surface area contributed by atoms with Gasteiger partial charge in [-0.05, 0) is 43.7 Å². The molecule has 0 atom stereocenters. The standard InChI is InChI=1S/C15H18ClNOS/c1-11-3-6-14(16)15(9-11)18-8-7-17-10-13-5-4-12(2)19-13/h3-6,9,17H,7-8,10H2,1-2H3. The number of aryl methyl sites for hydroxylation is 2. The predicted molar refractivity (Wildman–Crippen MR) is 82.4 cm³/mol. The van der Waals surface area contributed by atoms with E-state index in [0.717, 1.165) is 24.4 Å². The molecule has 0 saturated heterocycles. The molecule has 2 rings (SSSR count). The van der Waals surface area contributed by atoms with Crippen LogP contribution in [-0.2, 0) is 6.54 Å². The third-order valence-corrected chi connectivity index (χ3v) is 4.03. The van der Waals surface area contributed by atoms with E-state index in [9.17, 15) is 0 Å². The Morgan fingerprint density at radius 2 is 2.05 bits per heavy atom. The van der Waals surface area contributed by atoms with Gasteiger partial charge in [-0.15, -0.1) is 11.3 Å². The van der Waals surface area contributed by atoms with E-state index >= 15 is 0 Å². The third-order valence-electron chi connectivity index (χ3n) is 2.72. The van der Waals surface area contributed by atoms with E-state index in [1.54, 1.807) is 0 Å². The van der Waals surface area contributed by atoms with Gasteiger partial charge in [0.15, 0.2) is 0 Å². The highest BCUT2D eigenvalue weighted by molar-refractivity contribution is 7.11. The summed E-state index contributed by atoms with van der Waals surface area (Å²) in [5, 5.41) is 4.03. The smallest absolute Gasteiger partial charge is 0.138 e. The van der Waals surface area contributed by atoms with Crippen LogP contribution in [0.15, 0.2) is 30.3 Å². The second kappa shape index (κ2) is 6.94. The number of thiophene rings is 1. The zero-order chi connectivity index (χ0) is 13.7. The van der Waals surface area contributed by atoms with Crippen LogP contribution in [0.3, 0.4) is 0 Å². The van der Waals surface area contributed by atoms with Gasteiger partial charge in [0.1, 0.15) is 12.4 Å². The molecule has 2 aromatic rings. The molecule has 0 fully saturated rings. The van der Waals surface area contributed by atoms with Crippen molar-refractivity contribution in [2.75, 3.05) is 13.2 Å². The van der Waals surface area contributed by atoms with Crippen molar-refractivity contribution in [2.24, 2.45) is 0 Å². The van der Waals surface area contributed by atoms with E-state index < -0.39 is 0 Å². The Bertz CT molecular complexity index is 539. The number of halogens is 1. The average molecular weight is 296 g/mol. The summed E-state index contributed by atoms with van der Waals surface area (Å²) in [7, 11) is 0. The first-order chi connectivity index (χ1) is 9.15. The summed E-state index contributed by atoms with van der Waals surface area (Å²) >= 11 is 7.89. The van der Waals surface area contributed by atoms with Crippen LogP contribution in [0.2, 0.25) is 5.02 Å². The minimum Gasteiger partial charge on any atom is -0.491 e. The van der Waals surface area contributed by atoms with Gasteiger partial charge < -0.3 is 10.1 Å². The van der Waals surface area contributed by atoms with Gasteiger partial charge in [-0.3, -0.25) is 0 Å². The molecular weight excluding hydrogens is 278 g/mol. The summed E-state index contributed by atoms with van der Waals surface area (Å²) in [5.74, 6) is 0.760. The molecule has 0 aliphatic rings. The summed E-state index contributed by atoms with van der Waals surface area (Å²) in [6, 6.07) is 10.1. The van der Waals surface area contributed by atoms with Crippen LogP contribution < -0.4 is 10.1 Å². The van der Waals surface area contributed by atoms with Crippen LogP contribution in [-0.4, -0.2) is 13.2 Å². The van der Waals surface area contributed by atoms with Crippen molar-refractivity contribution in [3.8, 4) is 5.75 Å². The SMILES string of the molecule is Cc1ccc(Cl)c(OCCNCc2ccc(C)s2)c1. The van der Waals surface area contributed by atoms with Gasteiger partial charge in [-0.2, -0.15) is 0 Å². The molecule has 1 N–H and O–H groups in total. The fourth-order valence-electron chi connectivity index (χ4n) is 1.75. The lowest BCUT2D eigenvalue weighted by Gasteiger charge is -2.09. The Hall–Kier alpha value is -1.03. The van der Waals surface area contributed by atoms with Crippen molar-refractivity contribution < 1.29 is 4.74 Å². The molecule has 4 heteroatoms. The normalized spacial score (nSPS) is 10.7. The maximum atomic E-state index is 6.06. The lowest BCUT2D eigenvalue weighted by atomic mass is 10.2. The van der Waals surface area contributed by atoms with Gasteiger partial charge >= 0.3 is 0 Å². The molecule has 0 aliphatic heterocycles. The largest absolute Gasteiger partial charge is 0.491 e. The van der Waals surface area contributed by atoms with Gasteiger partial charge in [0.05, 0.1) is 5.02 Å². The van der Waals surface area contributed by atoms with Crippen LogP contribution in [0, 0.1) is 13.8 Å². The number of ether oxygens (including phenoxy) is 1. The van der Waals surface area contributed by atoms with Crippen molar-refractivity contribution >= 4 is 22.9 Å². The molecule has 1 heterocycles. The van der Waals surface area contributed by atoms with Gasteiger partial charge in [-0.1, -0.05) is 17.7 Å². The van der Waals surface area contributed by atoms with Gasteiger partial charge in [-0.25, -0.2) is 0 Å². The van der Waals surface area contributed by atoms with Gasteiger partial charge in [0, 0.05) is 22.8 Å². The molecule has 102 valence electrons. The fraction of sp³-hybridized carbons (Fsp3) is 0.333. The van der Waals surface area contributed by atoms with Crippen LogP contribution >= 0.6 is 22.9 Å². The van der Waals surface area contributed by atoms with E-state index in [2.05, 4.69) is 24.4 Å². The van der Waals surface area contributed by atoms with E-state index in [-0.39, 0.29) is 0 Å². The highest BCUT2D eigenvalue weighted by Crippen LogP contribution is 2.24. The summed E-state index contributed by atoms with van der Waals surface area (Å²) < 4.78 is 5.67. The topological polar surface area (TPSA) is 21.3 Å². The zero-order valence-electron chi connectivity index (χ0n) is 11.2. The second-order valence-electron chi connectivity index (χ2n) is 4.47.